The van der Waals surface area contributed by atoms with Crippen LogP contribution in [-0.4, -0.2) is 78.0 Å². The molecule has 0 aliphatic carbocycles. The van der Waals surface area contributed by atoms with E-state index in [2.05, 4.69) is 26.4 Å². The fraction of sp³-hybridized carbons (Fsp3) is 0.357. The third-order valence-corrected chi connectivity index (χ3v) is 14.5. The van der Waals surface area contributed by atoms with Crippen LogP contribution in [-0.2, 0) is 9.59 Å². The molecule has 0 fully saturated rings. The number of nitrogens with two attached hydrogens (primary N) is 1. The van der Waals surface area contributed by atoms with Gasteiger partial charge in [-0.3, -0.25) is 0 Å². The van der Waals surface area contributed by atoms with Crippen LogP contribution in [0.4, 0.5) is 10.6 Å². The first-order valence-electron chi connectivity index (χ1n) is 12.9. The normalized spacial score (nSPS) is 15.6. The number of hydrogen-bond donors (Lipinski definition) is 3. The zero-order valence-corrected chi connectivity index (χ0v) is 25.6. The summed E-state index contributed by atoms with van der Waals surface area (Å²) in [5.41, 5.74) is 7.44. The Morgan fingerprint density at radius 3 is 2.58 bits per heavy atom. The molecule has 0 radical (unpaired) electrons. The van der Waals surface area contributed by atoms with Crippen LogP contribution in [0.15, 0.2) is 64.4 Å². The molecule has 9 nitrogen and oxygen atoms in total. The van der Waals surface area contributed by atoms with Gasteiger partial charge in [0.15, 0.2) is 0 Å². The van der Waals surface area contributed by atoms with Crippen LogP contribution < -0.4 is 16.4 Å². The summed E-state index contributed by atoms with van der Waals surface area (Å²) in [5.74, 6) is -0.191. The maximum absolute atomic E-state index is 13.2. The molecule has 198 valence electrons. The number of aromatic nitrogens is 2. The average Bonchev–Trinajstić information content (AvgIpc) is 3.57. The molecule has 4 N–H and O–H groups in total. The van der Waals surface area contributed by atoms with Gasteiger partial charge in [0.25, 0.3) is 0 Å². The van der Waals surface area contributed by atoms with E-state index in [1.807, 2.05) is 42.5 Å². The van der Waals surface area contributed by atoms with Gasteiger partial charge >= 0.3 is 232 Å². The molecule has 3 aromatic rings. The van der Waals surface area contributed by atoms with E-state index in [0.29, 0.717) is 12.4 Å². The predicted molar refractivity (Wildman–Crippen MR) is 151 cm³/mol. The molecule has 0 saturated carbocycles. The number of carbonyl (C=O) groups excluding carboxylic acids is 3. The molecule has 1 unspecified atom stereocenters. The molecule has 3 atom stereocenters. The van der Waals surface area contributed by atoms with Gasteiger partial charge in [-0.25, -0.2) is 0 Å². The molecule has 38 heavy (non-hydrogen) atoms. The second-order valence-electron chi connectivity index (χ2n) is 10.3. The van der Waals surface area contributed by atoms with Gasteiger partial charge in [-0.15, -0.1) is 0 Å². The van der Waals surface area contributed by atoms with Crippen molar-refractivity contribution in [1.29, 1.82) is 0 Å². The monoisotopic (exact) mass is 618 g/mol. The Kier molecular flexibility index (Phi) is 8.94. The number of fused-ring (bicyclic) bond motifs is 1. The third-order valence-electron chi connectivity index (χ3n) is 7.18. The van der Waals surface area contributed by atoms with Gasteiger partial charge in [-0.2, -0.15) is 0 Å². The van der Waals surface area contributed by atoms with Crippen molar-refractivity contribution in [3.8, 4) is 0 Å². The fourth-order valence-electron chi connectivity index (χ4n) is 4.73. The summed E-state index contributed by atoms with van der Waals surface area (Å²) in [6, 6.07) is 13.6. The van der Waals surface area contributed by atoms with Crippen LogP contribution in [0.25, 0.3) is 10.8 Å². The molecule has 2 heterocycles. The SMILES string of the molecule is CC(CN[C@H](C)C1=[CH][In]([C](=O)Nc2cn([C@@H](C(=O)N(C)C)c3ccc4ccccc4c3)cn2)[CH2]C1)C(N)=O. The van der Waals surface area contributed by atoms with Crippen molar-refractivity contribution in [1.82, 2.24) is 19.8 Å². The van der Waals surface area contributed by atoms with Gasteiger partial charge in [0.2, 0.25) is 0 Å². The Hall–Kier alpha value is -3.11. The second kappa shape index (κ2) is 12.2. The molecule has 1 aliphatic rings. The summed E-state index contributed by atoms with van der Waals surface area (Å²) in [7, 11) is 3.47. The fourth-order valence-corrected chi connectivity index (χ4v) is 11.9. The maximum atomic E-state index is 13.2. The van der Waals surface area contributed by atoms with Crippen molar-refractivity contribution in [2.45, 2.75) is 36.5 Å². The molecule has 0 saturated heterocycles. The Balaban J connectivity index is 1.47. The number of primary amides is 1. The Bertz CT molecular complexity index is 1370. The summed E-state index contributed by atoms with van der Waals surface area (Å²) in [6.45, 7) is 4.38. The van der Waals surface area contributed by atoms with Crippen LogP contribution in [0.3, 0.4) is 0 Å². The number of nitrogens with zero attached hydrogens (tertiary/aromatic N) is 3. The summed E-state index contributed by atoms with van der Waals surface area (Å²) >= 11 is -2.64. The Morgan fingerprint density at radius 1 is 1.13 bits per heavy atom. The van der Waals surface area contributed by atoms with Crippen LogP contribution in [0.2, 0.25) is 4.18 Å². The molecule has 1 aliphatic heterocycles. The van der Waals surface area contributed by atoms with Gasteiger partial charge in [-0.1, -0.05) is 0 Å². The first-order chi connectivity index (χ1) is 18.1. The quantitative estimate of drug-likeness (QED) is 0.322. The average molecular weight is 618 g/mol. The van der Waals surface area contributed by atoms with Crippen LogP contribution >= 0.6 is 0 Å². The number of rotatable bonds is 10. The van der Waals surface area contributed by atoms with E-state index < -0.39 is 27.5 Å². The first kappa shape index (κ1) is 27.9. The minimum absolute atomic E-state index is 0.0749. The number of carbonyl (C=O) groups is 3. The molecular formula is C28H35InN6O3. The summed E-state index contributed by atoms with van der Waals surface area (Å²) in [4.78, 5) is 43.6. The van der Waals surface area contributed by atoms with Gasteiger partial charge in [0.05, 0.1) is 0 Å². The zero-order valence-electron chi connectivity index (χ0n) is 22.3. The topological polar surface area (TPSA) is 122 Å². The Labute approximate surface area is 231 Å². The van der Waals surface area contributed by atoms with Crippen molar-refractivity contribution >= 4 is 53.5 Å². The standard InChI is InChI=1S/C18H17N4O2.C10H18N2O.In/c1-21(2)18(24)17(22-10-16(19-11-22)20-12-23)15-8-7-13-5-3-4-6-14(13)9-15;1-5-7(2)9(4)12-6-8(3)10(11)13;/h3-11,17H,1-2H3,(H,20,23);2,8-9,12H,1,5-6H2,3-4H3,(H2,11,13);/t17-;8?,9-;/m11./s1. The first-order valence-corrected chi connectivity index (χ1v) is 18.8. The van der Waals surface area contributed by atoms with E-state index in [-0.39, 0.29) is 27.4 Å². The number of hydrogen-bond acceptors (Lipinski definition) is 5. The van der Waals surface area contributed by atoms with Gasteiger partial charge < -0.3 is 0 Å². The van der Waals surface area contributed by atoms with Crippen LogP contribution in [0, 0.1) is 5.92 Å². The molecule has 2 aromatic carbocycles. The molecule has 0 spiro atoms. The number of benzene rings is 2. The van der Waals surface area contributed by atoms with E-state index in [1.54, 1.807) is 43.0 Å². The number of nitrogens with one attached hydrogen (secondary N) is 2. The van der Waals surface area contributed by atoms with E-state index in [1.165, 1.54) is 5.57 Å². The number of likely N-dealkylation sites (N-methyl/N-ethyl adjacent to an activating group) is 1. The van der Waals surface area contributed by atoms with Gasteiger partial charge in [-0.05, 0) is 0 Å². The second-order valence-corrected chi connectivity index (χ2v) is 17.8. The predicted octanol–water partition coefficient (Wildman–Crippen LogP) is 3.29. The number of imidazole rings is 1. The molecule has 3 amide bonds. The Morgan fingerprint density at radius 2 is 1.87 bits per heavy atom. The molecule has 4 rings (SSSR count). The van der Waals surface area contributed by atoms with Crippen molar-refractivity contribution in [3.05, 3.63) is 70.0 Å². The van der Waals surface area contributed by atoms with Crippen molar-refractivity contribution in [2.24, 2.45) is 11.7 Å². The summed E-state index contributed by atoms with van der Waals surface area (Å²) in [6.07, 6.45) is 4.23. The van der Waals surface area contributed by atoms with E-state index >= 15 is 0 Å². The van der Waals surface area contributed by atoms with Gasteiger partial charge in [0.1, 0.15) is 0 Å². The van der Waals surface area contributed by atoms with E-state index in [9.17, 15) is 14.4 Å². The van der Waals surface area contributed by atoms with Crippen LogP contribution in [0.1, 0.15) is 31.9 Å². The van der Waals surface area contributed by atoms with Crippen molar-refractivity contribution in [2.75, 3.05) is 26.0 Å². The molecule has 10 heteroatoms. The van der Waals surface area contributed by atoms with Crippen molar-refractivity contribution in [3.63, 3.8) is 0 Å². The van der Waals surface area contributed by atoms with E-state index in [4.69, 9.17) is 5.73 Å². The molecule has 1 aromatic heterocycles. The van der Waals surface area contributed by atoms with Crippen LogP contribution in [0.5, 0.6) is 0 Å². The van der Waals surface area contributed by atoms with E-state index in [0.717, 1.165) is 26.9 Å². The summed E-state index contributed by atoms with van der Waals surface area (Å²) in [5, 5.41) is 8.52. The molecular weight excluding hydrogens is 583 g/mol. The minimum atomic E-state index is -2.64. The number of amides is 3. The third kappa shape index (κ3) is 6.47. The van der Waals surface area contributed by atoms with Crippen molar-refractivity contribution < 1.29 is 14.4 Å². The summed E-state index contributed by atoms with van der Waals surface area (Å²) < 4.78 is 4.96. The zero-order chi connectivity index (χ0) is 27.4. The van der Waals surface area contributed by atoms with Gasteiger partial charge in [0, 0.05) is 0 Å². The number of anilines is 1. The molecule has 0 bridgehead atoms.